The molecular weight excluding hydrogens is 366 g/mol. The Labute approximate surface area is 158 Å². The number of nitrogens with zero attached hydrogens (tertiary/aromatic N) is 4. The average molecular weight is 379 g/mol. The minimum atomic E-state index is -1.04. The van der Waals surface area contributed by atoms with E-state index < -0.39 is 11.2 Å². The number of nitrogens with one attached hydrogen (secondary N) is 1. The summed E-state index contributed by atoms with van der Waals surface area (Å²) in [6.45, 7) is 0. The second-order valence-corrected chi connectivity index (χ2v) is 6.67. The van der Waals surface area contributed by atoms with Crippen molar-refractivity contribution in [3.63, 3.8) is 0 Å². The Bertz CT molecular complexity index is 979. The Morgan fingerprint density at radius 3 is 2.85 bits per heavy atom. The molecular formula is C18H13N5O3S. The van der Waals surface area contributed by atoms with Crippen molar-refractivity contribution in [3.05, 3.63) is 53.9 Å². The molecule has 3 rings (SSSR count). The third-order valence-electron chi connectivity index (χ3n) is 3.63. The smallest absolute Gasteiger partial charge is 0.305 e. The first-order valence-corrected chi connectivity index (χ1v) is 8.70. The van der Waals surface area contributed by atoms with Crippen molar-refractivity contribution in [2.45, 2.75) is 11.7 Å². The predicted molar refractivity (Wildman–Crippen MR) is 101 cm³/mol. The van der Waals surface area contributed by atoms with Crippen LogP contribution in [0.25, 0.3) is 11.1 Å². The van der Waals surface area contributed by atoms with E-state index in [1.165, 1.54) is 6.21 Å². The minimum Gasteiger partial charge on any atom is -0.481 e. The lowest BCUT2D eigenvalue weighted by Gasteiger charge is -2.03. The standard InChI is InChI=1S/C18H13N5O3S/c19-9-14-13(2-1-7-20-14)12-5-3-11(4-6-12)10-21-23-18-22-17(26)15(27-18)8-16(24)25/h1-7,10,15H,8H2,(H,24,25)(H,22,23,26). The Balaban J connectivity index is 1.68. The highest BCUT2D eigenvalue weighted by atomic mass is 32.2. The minimum absolute atomic E-state index is 0.264. The van der Waals surface area contributed by atoms with Gasteiger partial charge < -0.3 is 10.4 Å². The number of amides is 1. The van der Waals surface area contributed by atoms with Crippen LogP contribution in [-0.2, 0) is 9.59 Å². The molecule has 1 aliphatic rings. The lowest BCUT2D eigenvalue weighted by atomic mass is 10.0. The molecule has 1 aliphatic heterocycles. The fourth-order valence-electron chi connectivity index (χ4n) is 2.37. The van der Waals surface area contributed by atoms with E-state index in [2.05, 4.69) is 26.6 Å². The summed E-state index contributed by atoms with van der Waals surface area (Å²) in [5.41, 5.74) is 2.74. The summed E-state index contributed by atoms with van der Waals surface area (Å²) in [5, 5.41) is 27.8. The Morgan fingerprint density at radius 1 is 1.37 bits per heavy atom. The van der Waals surface area contributed by atoms with Crippen LogP contribution >= 0.6 is 11.8 Å². The fourth-order valence-corrected chi connectivity index (χ4v) is 3.28. The molecule has 0 aliphatic carbocycles. The van der Waals surface area contributed by atoms with Gasteiger partial charge in [-0.25, -0.2) is 4.98 Å². The van der Waals surface area contributed by atoms with Crippen molar-refractivity contribution in [3.8, 4) is 17.2 Å². The second-order valence-electron chi connectivity index (χ2n) is 5.48. The molecule has 1 aromatic carbocycles. The summed E-state index contributed by atoms with van der Waals surface area (Å²) >= 11 is 1.04. The van der Waals surface area contributed by atoms with Crippen LogP contribution < -0.4 is 5.32 Å². The average Bonchev–Trinajstić information content (AvgIpc) is 3.01. The van der Waals surface area contributed by atoms with Gasteiger partial charge in [0.2, 0.25) is 5.91 Å². The summed E-state index contributed by atoms with van der Waals surface area (Å²) in [5.74, 6) is -1.42. The third kappa shape index (κ3) is 4.56. The zero-order valence-electron chi connectivity index (χ0n) is 13.9. The zero-order valence-corrected chi connectivity index (χ0v) is 14.7. The monoisotopic (exact) mass is 379 g/mol. The summed E-state index contributed by atoms with van der Waals surface area (Å²) in [4.78, 5) is 26.4. The maximum Gasteiger partial charge on any atom is 0.305 e. The molecule has 0 saturated carbocycles. The lowest BCUT2D eigenvalue weighted by Crippen LogP contribution is -2.26. The molecule has 9 heteroatoms. The number of aromatic nitrogens is 1. The Kier molecular flexibility index (Phi) is 5.58. The molecule has 27 heavy (non-hydrogen) atoms. The van der Waals surface area contributed by atoms with Gasteiger partial charge in [0.15, 0.2) is 5.17 Å². The Morgan fingerprint density at radius 2 is 2.15 bits per heavy atom. The highest BCUT2D eigenvalue weighted by molar-refractivity contribution is 8.15. The van der Waals surface area contributed by atoms with Crippen molar-refractivity contribution in [1.82, 2.24) is 10.3 Å². The maximum atomic E-state index is 11.6. The van der Waals surface area contributed by atoms with E-state index in [0.29, 0.717) is 5.69 Å². The number of carboxylic acid groups (broad SMARTS) is 1. The van der Waals surface area contributed by atoms with E-state index in [1.54, 1.807) is 12.3 Å². The van der Waals surface area contributed by atoms with Gasteiger partial charge in [0.1, 0.15) is 17.0 Å². The van der Waals surface area contributed by atoms with Gasteiger partial charge in [-0.05, 0) is 23.3 Å². The summed E-state index contributed by atoms with van der Waals surface area (Å²) in [6.07, 6.45) is 2.82. The number of rotatable bonds is 5. The molecule has 1 amide bonds. The molecule has 2 heterocycles. The molecule has 8 nitrogen and oxygen atoms in total. The largest absolute Gasteiger partial charge is 0.481 e. The van der Waals surface area contributed by atoms with Gasteiger partial charge in [-0.3, -0.25) is 9.59 Å². The van der Waals surface area contributed by atoms with Crippen molar-refractivity contribution in [2.24, 2.45) is 10.2 Å². The predicted octanol–water partition coefficient (Wildman–Crippen LogP) is 2.02. The second kappa shape index (κ2) is 8.25. The van der Waals surface area contributed by atoms with Gasteiger partial charge in [-0.1, -0.05) is 36.0 Å². The highest BCUT2D eigenvalue weighted by Gasteiger charge is 2.32. The molecule has 2 aromatic rings. The molecule has 0 bridgehead atoms. The third-order valence-corrected chi connectivity index (χ3v) is 4.70. The molecule has 1 fully saturated rings. The first-order valence-electron chi connectivity index (χ1n) is 7.82. The number of pyridine rings is 1. The van der Waals surface area contributed by atoms with E-state index in [4.69, 9.17) is 10.4 Å². The number of aliphatic carboxylic acids is 1. The van der Waals surface area contributed by atoms with Crippen LogP contribution in [0.2, 0.25) is 0 Å². The first kappa shape index (κ1) is 18.3. The number of carboxylic acids is 1. The molecule has 0 radical (unpaired) electrons. The first-order chi connectivity index (χ1) is 13.1. The van der Waals surface area contributed by atoms with E-state index in [9.17, 15) is 9.59 Å². The van der Waals surface area contributed by atoms with Crippen LogP contribution in [0.15, 0.2) is 52.8 Å². The number of hydrogen-bond donors (Lipinski definition) is 2. The molecule has 2 N–H and O–H groups in total. The number of thioether (sulfide) groups is 1. The zero-order chi connectivity index (χ0) is 19.2. The molecule has 134 valence electrons. The van der Waals surface area contributed by atoms with Crippen LogP contribution in [0.3, 0.4) is 0 Å². The van der Waals surface area contributed by atoms with Crippen LogP contribution in [0.4, 0.5) is 0 Å². The summed E-state index contributed by atoms with van der Waals surface area (Å²) < 4.78 is 0. The van der Waals surface area contributed by atoms with Crippen LogP contribution in [0, 0.1) is 11.3 Å². The van der Waals surface area contributed by atoms with E-state index >= 15 is 0 Å². The Hall–Kier alpha value is -3.51. The van der Waals surface area contributed by atoms with Crippen molar-refractivity contribution in [1.29, 1.82) is 5.26 Å². The summed E-state index contributed by atoms with van der Waals surface area (Å²) in [6, 6.07) is 13.0. The quantitative estimate of drug-likeness (QED) is 0.604. The van der Waals surface area contributed by atoms with Gasteiger partial charge in [0.25, 0.3) is 0 Å². The van der Waals surface area contributed by atoms with Crippen LogP contribution in [0.1, 0.15) is 17.7 Å². The highest BCUT2D eigenvalue weighted by Crippen LogP contribution is 2.23. The summed E-state index contributed by atoms with van der Waals surface area (Å²) in [7, 11) is 0. The normalized spacial score (nSPS) is 17.8. The van der Waals surface area contributed by atoms with E-state index in [-0.39, 0.29) is 17.5 Å². The molecule has 1 atom stereocenters. The van der Waals surface area contributed by atoms with Gasteiger partial charge in [0, 0.05) is 11.8 Å². The number of carbonyl (C=O) groups is 2. The molecule has 1 unspecified atom stereocenters. The van der Waals surface area contributed by atoms with Crippen molar-refractivity contribution >= 4 is 35.0 Å². The van der Waals surface area contributed by atoms with Gasteiger partial charge in [-0.2, -0.15) is 10.4 Å². The molecule has 1 saturated heterocycles. The van der Waals surface area contributed by atoms with E-state index in [0.717, 1.165) is 28.5 Å². The number of hydrogen-bond acceptors (Lipinski definition) is 7. The number of nitriles is 1. The van der Waals surface area contributed by atoms with Crippen molar-refractivity contribution < 1.29 is 14.7 Å². The SMILES string of the molecule is N#Cc1ncccc1-c1ccc(C=NN=C2NC(=O)C(CC(=O)O)S2)cc1. The maximum absolute atomic E-state index is 11.6. The molecule has 1 aromatic heterocycles. The fraction of sp³-hybridized carbons (Fsp3) is 0.111. The van der Waals surface area contributed by atoms with E-state index in [1.807, 2.05) is 30.3 Å². The number of amidine groups is 1. The topological polar surface area (TPSA) is 128 Å². The number of carbonyl (C=O) groups excluding carboxylic acids is 1. The number of benzene rings is 1. The van der Waals surface area contributed by atoms with Crippen molar-refractivity contribution in [2.75, 3.05) is 0 Å². The molecule has 0 spiro atoms. The van der Waals surface area contributed by atoms with Crippen LogP contribution in [-0.4, -0.2) is 38.6 Å². The van der Waals surface area contributed by atoms with Gasteiger partial charge in [0.05, 0.1) is 12.6 Å². The lowest BCUT2D eigenvalue weighted by molar-refractivity contribution is -0.138. The van der Waals surface area contributed by atoms with Gasteiger partial charge in [-0.15, -0.1) is 5.10 Å². The van der Waals surface area contributed by atoms with Gasteiger partial charge >= 0.3 is 5.97 Å². The van der Waals surface area contributed by atoms with Crippen LogP contribution in [0.5, 0.6) is 0 Å².